The van der Waals surface area contributed by atoms with Crippen LogP contribution < -0.4 is 4.74 Å². The van der Waals surface area contributed by atoms with Gasteiger partial charge in [-0.25, -0.2) is 4.99 Å². The van der Waals surface area contributed by atoms with E-state index in [1.807, 2.05) is 72.1 Å². The Labute approximate surface area is 227 Å². The fourth-order valence-electron chi connectivity index (χ4n) is 3.79. The molecule has 182 valence electrons. The lowest BCUT2D eigenvalue weighted by Gasteiger charge is -2.18. The van der Waals surface area contributed by atoms with Crippen LogP contribution in [-0.2, 0) is 0 Å². The van der Waals surface area contributed by atoms with Gasteiger partial charge in [0.05, 0.1) is 10.3 Å². The van der Waals surface area contributed by atoms with Gasteiger partial charge in [-0.1, -0.05) is 97.1 Å². The highest BCUT2D eigenvalue weighted by atomic mass is 32.2. The fraction of sp³-hybridized carbons (Fsp3) is 0.0606. The van der Waals surface area contributed by atoms with E-state index in [0.717, 1.165) is 11.4 Å². The van der Waals surface area contributed by atoms with Gasteiger partial charge in [-0.2, -0.15) is 0 Å². The molecular formula is C33H27NOS2. The maximum absolute atomic E-state index is 6.36. The number of hydrogen-bond donors (Lipinski definition) is 0. The molecule has 0 spiro atoms. The molecule has 0 bridgehead atoms. The fourth-order valence-corrected chi connectivity index (χ4v) is 6.34. The highest BCUT2D eigenvalue weighted by Crippen LogP contribution is 2.38. The van der Waals surface area contributed by atoms with Gasteiger partial charge in [0.2, 0.25) is 0 Å². The number of aliphatic imine (C=N–C) groups is 1. The van der Waals surface area contributed by atoms with Crippen LogP contribution in [0.4, 0.5) is 5.69 Å². The summed E-state index contributed by atoms with van der Waals surface area (Å²) in [5.41, 5.74) is 3.23. The minimum atomic E-state index is 0.177. The Morgan fingerprint density at radius 3 is 1.54 bits per heavy atom. The molecule has 4 heteroatoms. The van der Waals surface area contributed by atoms with Gasteiger partial charge in [0.1, 0.15) is 5.75 Å². The zero-order chi connectivity index (χ0) is 25.1. The predicted molar refractivity (Wildman–Crippen MR) is 159 cm³/mol. The second kappa shape index (κ2) is 13.0. The second-order valence-corrected chi connectivity index (χ2v) is 11.2. The molecule has 0 fully saturated rings. The Morgan fingerprint density at radius 2 is 1.00 bits per heavy atom. The molecule has 0 amide bonds. The molecule has 0 N–H and O–H groups in total. The molecule has 0 radical (unpaired) electrons. The molecule has 0 heterocycles. The van der Waals surface area contributed by atoms with Crippen molar-refractivity contribution in [2.75, 3.05) is 0 Å². The average molecular weight is 518 g/mol. The average Bonchev–Trinajstić information content (AvgIpc) is 2.95. The highest BCUT2D eigenvalue weighted by molar-refractivity contribution is 8.17. The Hall–Kier alpha value is -3.73. The summed E-state index contributed by atoms with van der Waals surface area (Å²) in [6.07, 6.45) is 0.661. The summed E-state index contributed by atoms with van der Waals surface area (Å²) in [4.78, 5) is 7.43. The summed E-state index contributed by atoms with van der Waals surface area (Å²) < 4.78 is 6.54. The summed E-state index contributed by atoms with van der Waals surface area (Å²) in [6, 6.07) is 49.7. The number of hydrogen-bond acceptors (Lipinski definition) is 4. The third-order valence-electron chi connectivity index (χ3n) is 5.57. The van der Waals surface area contributed by atoms with Crippen molar-refractivity contribution in [1.82, 2.24) is 0 Å². The van der Waals surface area contributed by atoms with Crippen molar-refractivity contribution < 1.29 is 4.74 Å². The molecule has 2 nitrogen and oxygen atoms in total. The quantitative estimate of drug-likeness (QED) is 0.0840. The Balaban J connectivity index is 1.43. The normalized spacial score (nSPS) is 11.4. The zero-order valence-corrected chi connectivity index (χ0v) is 21.9. The highest BCUT2D eigenvalue weighted by Gasteiger charge is 2.18. The van der Waals surface area contributed by atoms with Crippen LogP contribution in [-0.4, -0.2) is 10.5 Å². The van der Waals surface area contributed by atoms with Crippen molar-refractivity contribution in [2.45, 2.75) is 20.8 Å². The molecule has 0 unspecified atom stereocenters. The first kappa shape index (κ1) is 24.9. The lowest BCUT2D eigenvalue weighted by atomic mass is 10.1. The number of thioether (sulfide) groups is 2. The van der Waals surface area contributed by atoms with E-state index >= 15 is 0 Å². The molecular weight excluding hydrogens is 491 g/mol. The Morgan fingerprint density at radius 1 is 0.541 bits per heavy atom. The molecule has 0 aliphatic carbocycles. The first-order chi connectivity index (χ1) is 18.3. The first-order valence-electron chi connectivity index (χ1n) is 12.2. The van der Waals surface area contributed by atoms with Crippen LogP contribution in [0, 0.1) is 0 Å². The van der Waals surface area contributed by atoms with E-state index in [-0.39, 0.29) is 4.58 Å². The number of para-hydroxylation sites is 1. The molecule has 0 aromatic heterocycles. The molecule has 37 heavy (non-hydrogen) atoms. The molecule has 0 saturated carbocycles. The van der Waals surface area contributed by atoms with Gasteiger partial charge in [-0.3, -0.25) is 0 Å². The van der Waals surface area contributed by atoms with E-state index in [2.05, 4.69) is 97.1 Å². The van der Waals surface area contributed by atoms with Gasteiger partial charge in [0.15, 0.2) is 5.90 Å². The molecule has 5 aromatic rings. The van der Waals surface area contributed by atoms with Crippen LogP contribution in [0.15, 0.2) is 160 Å². The monoisotopic (exact) mass is 517 g/mol. The smallest absolute Gasteiger partial charge is 0.197 e. The van der Waals surface area contributed by atoms with Crippen molar-refractivity contribution in [3.63, 3.8) is 0 Å². The van der Waals surface area contributed by atoms with Crippen molar-refractivity contribution in [1.29, 1.82) is 0 Å². The third kappa shape index (κ3) is 7.63. The van der Waals surface area contributed by atoms with Crippen molar-refractivity contribution in [3.8, 4) is 16.9 Å². The standard InChI is InChI=1S/C33H27NOS2/c1-5-13-26(14-6-1)27-21-23-28(24-22-27)34-32(35-29-15-7-2-8-16-29)25-33(36-30-17-9-3-10-18-30)37-31-19-11-4-12-20-31/h1-24,33H,25H2. The van der Waals surface area contributed by atoms with E-state index in [0.29, 0.717) is 12.3 Å². The van der Waals surface area contributed by atoms with Crippen molar-refractivity contribution in [3.05, 3.63) is 146 Å². The number of benzene rings is 5. The maximum atomic E-state index is 6.36. The second-order valence-electron chi connectivity index (χ2n) is 8.33. The molecule has 0 aliphatic heterocycles. The molecule has 5 rings (SSSR count). The number of rotatable bonds is 9. The third-order valence-corrected chi connectivity index (χ3v) is 8.09. The van der Waals surface area contributed by atoms with E-state index in [1.54, 1.807) is 0 Å². The van der Waals surface area contributed by atoms with Crippen LogP contribution in [0.5, 0.6) is 5.75 Å². The van der Waals surface area contributed by atoms with Gasteiger partial charge in [-0.05, 0) is 59.7 Å². The summed E-state index contributed by atoms with van der Waals surface area (Å²) in [7, 11) is 0. The number of nitrogens with zero attached hydrogens (tertiary/aromatic N) is 1. The van der Waals surface area contributed by atoms with Gasteiger partial charge < -0.3 is 4.74 Å². The lowest BCUT2D eigenvalue weighted by Crippen LogP contribution is -2.14. The van der Waals surface area contributed by atoms with Crippen LogP contribution in [0.25, 0.3) is 11.1 Å². The minimum Gasteiger partial charge on any atom is -0.443 e. The lowest BCUT2D eigenvalue weighted by molar-refractivity contribution is 0.535. The van der Waals surface area contributed by atoms with E-state index in [9.17, 15) is 0 Å². The van der Waals surface area contributed by atoms with E-state index < -0.39 is 0 Å². The van der Waals surface area contributed by atoms with Gasteiger partial charge >= 0.3 is 0 Å². The largest absolute Gasteiger partial charge is 0.443 e. The van der Waals surface area contributed by atoms with Crippen LogP contribution in [0.3, 0.4) is 0 Å². The minimum absolute atomic E-state index is 0.177. The van der Waals surface area contributed by atoms with Gasteiger partial charge in [0.25, 0.3) is 0 Å². The zero-order valence-electron chi connectivity index (χ0n) is 20.3. The summed E-state index contributed by atoms with van der Waals surface area (Å²) in [5.74, 6) is 1.48. The topological polar surface area (TPSA) is 21.6 Å². The first-order valence-corrected chi connectivity index (χ1v) is 14.0. The van der Waals surface area contributed by atoms with Crippen LogP contribution >= 0.6 is 23.5 Å². The summed E-state index contributed by atoms with van der Waals surface area (Å²) in [6.45, 7) is 0. The Bertz CT molecular complexity index is 1350. The SMILES string of the molecule is c1ccc(OC(CC(Sc2ccccc2)Sc2ccccc2)=Nc2ccc(-c3ccccc3)cc2)cc1. The van der Waals surface area contributed by atoms with E-state index in [1.165, 1.54) is 20.9 Å². The molecule has 5 aromatic carbocycles. The van der Waals surface area contributed by atoms with Crippen molar-refractivity contribution >= 4 is 35.1 Å². The summed E-state index contributed by atoms with van der Waals surface area (Å²) in [5, 5.41) is 0. The Kier molecular flexibility index (Phi) is 8.76. The van der Waals surface area contributed by atoms with Gasteiger partial charge in [-0.15, -0.1) is 23.5 Å². The van der Waals surface area contributed by atoms with Crippen LogP contribution in [0.1, 0.15) is 6.42 Å². The van der Waals surface area contributed by atoms with Gasteiger partial charge in [0, 0.05) is 16.2 Å². The summed E-state index contributed by atoms with van der Waals surface area (Å²) >= 11 is 3.67. The van der Waals surface area contributed by atoms with Crippen LogP contribution in [0.2, 0.25) is 0 Å². The molecule has 0 aliphatic rings. The maximum Gasteiger partial charge on any atom is 0.197 e. The number of ether oxygens (including phenoxy) is 1. The predicted octanol–water partition coefficient (Wildman–Crippen LogP) is 9.76. The molecule has 0 atom stereocenters. The molecule has 0 saturated heterocycles. The van der Waals surface area contributed by atoms with Crippen molar-refractivity contribution in [2.24, 2.45) is 4.99 Å². The van der Waals surface area contributed by atoms with E-state index in [4.69, 9.17) is 9.73 Å².